The van der Waals surface area contributed by atoms with E-state index in [4.69, 9.17) is 5.11 Å². The first-order chi connectivity index (χ1) is 6.07. The number of rotatable bonds is 2. The predicted molar refractivity (Wildman–Crippen MR) is 56.4 cm³/mol. The van der Waals surface area contributed by atoms with Gasteiger partial charge in [-0.15, -0.1) is 0 Å². The van der Waals surface area contributed by atoms with E-state index in [0.717, 1.165) is 18.3 Å². The molecule has 0 aromatic rings. The van der Waals surface area contributed by atoms with Crippen LogP contribution in [0.1, 0.15) is 34.1 Å². The lowest BCUT2D eigenvalue weighted by atomic mass is 9.70. The highest BCUT2D eigenvalue weighted by atomic mass is 16.3. The highest BCUT2D eigenvalue weighted by Gasteiger charge is 2.29. The molecule has 1 aliphatic carbocycles. The molecule has 0 saturated carbocycles. The lowest BCUT2D eigenvalue weighted by Crippen LogP contribution is -2.28. The van der Waals surface area contributed by atoms with Gasteiger partial charge in [-0.05, 0) is 35.7 Å². The van der Waals surface area contributed by atoms with Gasteiger partial charge in [0.05, 0.1) is 6.61 Å². The average Bonchev–Trinajstić information content (AvgIpc) is 2.09. The zero-order valence-electron chi connectivity index (χ0n) is 9.25. The van der Waals surface area contributed by atoms with Crippen LogP contribution in [0.4, 0.5) is 0 Å². The van der Waals surface area contributed by atoms with E-state index in [0.29, 0.717) is 11.8 Å². The van der Waals surface area contributed by atoms with E-state index in [1.165, 1.54) is 5.57 Å². The summed E-state index contributed by atoms with van der Waals surface area (Å²) in [5, 5.41) is 9.14. The molecule has 3 atom stereocenters. The summed E-state index contributed by atoms with van der Waals surface area (Å²) in [6.07, 6.45) is 3.40. The van der Waals surface area contributed by atoms with E-state index in [2.05, 4.69) is 33.8 Å². The van der Waals surface area contributed by atoms with Crippen molar-refractivity contribution in [2.45, 2.75) is 34.1 Å². The molecule has 0 spiro atoms. The van der Waals surface area contributed by atoms with Crippen LogP contribution in [0.2, 0.25) is 0 Å². The molecule has 1 nitrogen and oxygen atoms in total. The van der Waals surface area contributed by atoms with Crippen LogP contribution in [0.5, 0.6) is 0 Å². The summed E-state index contributed by atoms with van der Waals surface area (Å²) in [5.41, 5.74) is 1.24. The highest BCUT2D eigenvalue weighted by Crippen LogP contribution is 2.37. The maximum atomic E-state index is 9.14. The van der Waals surface area contributed by atoms with E-state index in [1.54, 1.807) is 0 Å². The van der Waals surface area contributed by atoms with Gasteiger partial charge in [-0.25, -0.2) is 0 Å². The zero-order valence-corrected chi connectivity index (χ0v) is 9.25. The predicted octanol–water partition coefficient (Wildman–Crippen LogP) is 2.85. The minimum atomic E-state index is 0.246. The van der Waals surface area contributed by atoms with Crippen LogP contribution in [-0.4, -0.2) is 11.7 Å². The van der Waals surface area contributed by atoms with Crippen molar-refractivity contribution in [2.24, 2.45) is 23.7 Å². The second-order valence-corrected chi connectivity index (χ2v) is 4.73. The second-order valence-electron chi connectivity index (χ2n) is 4.73. The van der Waals surface area contributed by atoms with Gasteiger partial charge in [0.1, 0.15) is 0 Å². The molecule has 3 unspecified atom stereocenters. The Morgan fingerprint density at radius 2 is 2.08 bits per heavy atom. The molecule has 0 bridgehead atoms. The van der Waals surface area contributed by atoms with Crippen molar-refractivity contribution in [3.05, 3.63) is 11.6 Å². The molecule has 0 saturated heterocycles. The van der Waals surface area contributed by atoms with E-state index in [1.807, 2.05) is 0 Å². The van der Waals surface area contributed by atoms with E-state index < -0.39 is 0 Å². The topological polar surface area (TPSA) is 20.2 Å². The molecule has 76 valence electrons. The Bertz CT molecular complexity index is 193. The number of allylic oxidation sites excluding steroid dienone is 1. The van der Waals surface area contributed by atoms with Gasteiger partial charge in [0.15, 0.2) is 0 Å². The van der Waals surface area contributed by atoms with Gasteiger partial charge in [-0.2, -0.15) is 0 Å². The normalized spacial score (nSPS) is 34.9. The van der Waals surface area contributed by atoms with Crippen molar-refractivity contribution >= 4 is 0 Å². The quantitative estimate of drug-likeness (QED) is 0.651. The molecule has 0 aromatic carbocycles. The lowest BCUT2D eigenvalue weighted by Gasteiger charge is -2.36. The van der Waals surface area contributed by atoms with Gasteiger partial charge >= 0.3 is 0 Å². The molecule has 0 aliphatic heterocycles. The van der Waals surface area contributed by atoms with Crippen LogP contribution in [-0.2, 0) is 0 Å². The molecule has 13 heavy (non-hydrogen) atoms. The van der Waals surface area contributed by atoms with Gasteiger partial charge < -0.3 is 5.11 Å². The van der Waals surface area contributed by atoms with E-state index in [9.17, 15) is 0 Å². The summed E-state index contributed by atoms with van der Waals surface area (Å²) < 4.78 is 0. The second kappa shape index (κ2) is 4.28. The van der Waals surface area contributed by atoms with Crippen LogP contribution in [0.3, 0.4) is 0 Å². The van der Waals surface area contributed by atoms with Gasteiger partial charge in [-0.1, -0.05) is 33.8 Å². The molecule has 0 radical (unpaired) electrons. The fraction of sp³-hybridized carbons (Fsp3) is 0.833. The van der Waals surface area contributed by atoms with Gasteiger partial charge in [-0.3, -0.25) is 0 Å². The van der Waals surface area contributed by atoms with Crippen molar-refractivity contribution in [3.8, 4) is 0 Å². The number of aliphatic hydroxyl groups is 1. The molecule has 0 aromatic heterocycles. The third-order valence-electron chi connectivity index (χ3n) is 3.74. The first kappa shape index (κ1) is 10.8. The highest BCUT2D eigenvalue weighted by molar-refractivity contribution is 5.12. The smallest absolute Gasteiger partial charge is 0.0644 e. The maximum Gasteiger partial charge on any atom is 0.0644 e. The molecule has 0 heterocycles. The Morgan fingerprint density at radius 1 is 1.46 bits per heavy atom. The molecule has 1 N–H and O–H groups in total. The number of hydrogen-bond donors (Lipinski definition) is 1. The summed E-state index contributed by atoms with van der Waals surface area (Å²) in [4.78, 5) is 0. The summed E-state index contributed by atoms with van der Waals surface area (Å²) in [6, 6.07) is 0. The van der Waals surface area contributed by atoms with Crippen molar-refractivity contribution in [1.82, 2.24) is 0 Å². The number of aliphatic hydroxyl groups excluding tert-OH is 1. The van der Waals surface area contributed by atoms with Gasteiger partial charge in [0.2, 0.25) is 0 Å². The summed E-state index contributed by atoms with van der Waals surface area (Å²) in [6.45, 7) is 9.40. The molecule has 1 rings (SSSR count). The largest absolute Gasteiger partial charge is 0.392 e. The Hall–Kier alpha value is -0.300. The van der Waals surface area contributed by atoms with Crippen molar-refractivity contribution < 1.29 is 5.11 Å². The Labute approximate surface area is 81.9 Å². The van der Waals surface area contributed by atoms with Crippen molar-refractivity contribution in [2.75, 3.05) is 6.61 Å². The third-order valence-corrected chi connectivity index (χ3v) is 3.74. The monoisotopic (exact) mass is 182 g/mol. The van der Waals surface area contributed by atoms with Crippen LogP contribution in [0, 0.1) is 23.7 Å². The van der Waals surface area contributed by atoms with Gasteiger partial charge in [0, 0.05) is 0 Å². The first-order valence-electron chi connectivity index (χ1n) is 5.37. The third kappa shape index (κ3) is 2.14. The summed E-state index contributed by atoms with van der Waals surface area (Å²) in [5.74, 6) is 2.83. The van der Waals surface area contributed by atoms with Gasteiger partial charge in [0.25, 0.3) is 0 Å². The van der Waals surface area contributed by atoms with E-state index in [-0.39, 0.29) is 6.61 Å². The zero-order chi connectivity index (χ0) is 10.0. The lowest BCUT2D eigenvalue weighted by molar-refractivity contribution is 0.192. The Kier molecular flexibility index (Phi) is 3.55. The molecular weight excluding hydrogens is 160 g/mol. The van der Waals surface area contributed by atoms with Crippen molar-refractivity contribution in [3.63, 3.8) is 0 Å². The molecular formula is C12H22O. The van der Waals surface area contributed by atoms with Crippen LogP contribution in [0.15, 0.2) is 11.6 Å². The minimum Gasteiger partial charge on any atom is -0.392 e. The standard InChI is InChI=1S/C12H22O/c1-8(2)12-6-5-11(7-13)9(3)10(12)4/h5,8-10,12-13H,6-7H2,1-4H3. The molecule has 0 amide bonds. The fourth-order valence-electron chi connectivity index (χ4n) is 2.48. The summed E-state index contributed by atoms with van der Waals surface area (Å²) in [7, 11) is 0. The van der Waals surface area contributed by atoms with Crippen LogP contribution < -0.4 is 0 Å². The van der Waals surface area contributed by atoms with E-state index >= 15 is 0 Å². The summed E-state index contributed by atoms with van der Waals surface area (Å²) >= 11 is 0. The Balaban J connectivity index is 2.74. The molecule has 1 aliphatic rings. The average molecular weight is 182 g/mol. The SMILES string of the molecule is CC(C)C1CC=C(CO)C(C)C1C. The fourth-order valence-corrected chi connectivity index (χ4v) is 2.48. The first-order valence-corrected chi connectivity index (χ1v) is 5.37. The number of hydrogen-bond acceptors (Lipinski definition) is 1. The van der Waals surface area contributed by atoms with Crippen LogP contribution >= 0.6 is 0 Å². The van der Waals surface area contributed by atoms with Crippen LogP contribution in [0.25, 0.3) is 0 Å². The molecule has 0 fully saturated rings. The maximum absolute atomic E-state index is 9.14. The van der Waals surface area contributed by atoms with Crippen molar-refractivity contribution in [1.29, 1.82) is 0 Å². The Morgan fingerprint density at radius 3 is 2.54 bits per heavy atom. The molecule has 1 heteroatoms. The minimum absolute atomic E-state index is 0.246.